The molecule has 1 aromatic carbocycles. The van der Waals surface area contributed by atoms with Gasteiger partial charge in [0.2, 0.25) is 0 Å². The molecule has 3 N–H and O–H groups in total. The SMILES string of the molecule is CCC(C)(C)C(NN)c1cc(Cl)ccc1Cl. The van der Waals surface area contributed by atoms with Crippen LogP contribution in [0.25, 0.3) is 0 Å². The molecule has 1 aromatic rings. The number of nitrogens with two attached hydrogens (primary N) is 1. The summed E-state index contributed by atoms with van der Waals surface area (Å²) < 4.78 is 0. The van der Waals surface area contributed by atoms with E-state index in [0.29, 0.717) is 10.0 Å². The standard InChI is InChI=1S/C12H18Cl2N2/c1-4-12(2,3)11(16-15)9-7-8(13)5-6-10(9)14/h5-7,11,16H,4,15H2,1-3H3. The smallest absolute Gasteiger partial charge is 0.0526 e. The van der Waals surface area contributed by atoms with Gasteiger partial charge in [0.25, 0.3) is 0 Å². The summed E-state index contributed by atoms with van der Waals surface area (Å²) in [6, 6.07) is 5.44. The third-order valence-electron chi connectivity index (χ3n) is 3.13. The highest BCUT2D eigenvalue weighted by molar-refractivity contribution is 6.33. The molecule has 16 heavy (non-hydrogen) atoms. The number of hydrogen-bond donors (Lipinski definition) is 2. The van der Waals surface area contributed by atoms with Gasteiger partial charge in [-0.3, -0.25) is 11.3 Å². The van der Waals surface area contributed by atoms with Crippen molar-refractivity contribution in [2.45, 2.75) is 33.2 Å². The van der Waals surface area contributed by atoms with Crippen LogP contribution in [0.15, 0.2) is 18.2 Å². The summed E-state index contributed by atoms with van der Waals surface area (Å²) in [5.41, 5.74) is 3.80. The molecule has 0 amide bonds. The van der Waals surface area contributed by atoms with Crippen molar-refractivity contribution in [3.8, 4) is 0 Å². The first kappa shape index (κ1) is 13.8. The van der Waals surface area contributed by atoms with Crippen LogP contribution in [0.4, 0.5) is 0 Å². The molecule has 1 atom stereocenters. The first-order chi connectivity index (χ1) is 7.42. The number of hydrogen-bond acceptors (Lipinski definition) is 2. The van der Waals surface area contributed by atoms with Crippen molar-refractivity contribution < 1.29 is 0 Å². The molecule has 0 heterocycles. The normalized spacial score (nSPS) is 13.9. The van der Waals surface area contributed by atoms with Crippen LogP contribution in [0.3, 0.4) is 0 Å². The van der Waals surface area contributed by atoms with Gasteiger partial charge in [0.15, 0.2) is 0 Å². The van der Waals surface area contributed by atoms with Gasteiger partial charge < -0.3 is 0 Å². The highest BCUT2D eigenvalue weighted by Gasteiger charge is 2.29. The zero-order chi connectivity index (χ0) is 12.3. The summed E-state index contributed by atoms with van der Waals surface area (Å²) in [5.74, 6) is 5.63. The molecule has 1 unspecified atom stereocenters. The van der Waals surface area contributed by atoms with Crippen LogP contribution in [0.2, 0.25) is 10.0 Å². The van der Waals surface area contributed by atoms with E-state index in [0.717, 1.165) is 12.0 Å². The van der Waals surface area contributed by atoms with Crippen LogP contribution in [-0.2, 0) is 0 Å². The monoisotopic (exact) mass is 260 g/mol. The van der Waals surface area contributed by atoms with Gasteiger partial charge in [0, 0.05) is 10.0 Å². The fraction of sp³-hybridized carbons (Fsp3) is 0.500. The summed E-state index contributed by atoms with van der Waals surface area (Å²) in [5, 5.41) is 1.36. The molecule has 0 aliphatic heterocycles. The number of halogens is 2. The third kappa shape index (κ3) is 2.89. The minimum absolute atomic E-state index is 0.0105. The van der Waals surface area contributed by atoms with Gasteiger partial charge in [-0.1, -0.05) is 44.0 Å². The van der Waals surface area contributed by atoms with Crippen LogP contribution in [0.1, 0.15) is 38.8 Å². The Balaban J connectivity index is 3.18. The lowest BCUT2D eigenvalue weighted by molar-refractivity contribution is 0.236. The van der Waals surface area contributed by atoms with E-state index >= 15 is 0 Å². The lowest BCUT2D eigenvalue weighted by atomic mass is 9.78. The molecule has 0 saturated carbocycles. The number of benzene rings is 1. The zero-order valence-electron chi connectivity index (χ0n) is 9.85. The van der Waals surface area contributed by atoms with E-state index in [1.54, 1.807) is 12.1 Å². The molecule has 4 heteroatoms. The Hall–Kier alpha value is -0.280. The van der Waals surface area contributed by atoms with E-state index in [4.69, 9.17) is 29.0 Å². The predicted molar refractivity (Wildman–Crippen MR) is 70.6 cm³/mol. The second-order valence-electron chi connectivity index (χ2n) is 4.61. The van der Waals surface area contributed by atoms with Gasteiger partial charge in [-0.25, -0.2) is 0 Å². The zero-order valence-corrected chi connectivity index (χ0v) is 11.4. The van der Waals surface area contributed by atoms with E-state index < -0.39 is 0 Å². The summed E-state index contributed by atoms with van der Waals surface area (Å²) in [6.45, 7) is 6.42. The largest absolute Gasteiger partial charge is 0.271 e. The fourth-order valence-corrected chi connectivity index (χ4v) is 2.08. The minimum atomic E-state index is -0.0105. The molecular weight excluding hydrogens is 243 g/mol. The maximum Gasteiger partial charge on any atom is 0.0526 e. The van der Waals surface area contributed by atoms with Crippen molar-refractivity contribution in [1.82, 2.24) is 5.43 Å². The second kappa shape index (κ2) is 5.37. The highest BCUT2D eigenvalue weighted by atomic mass is 35.5. The first-order valence-corrected chi connectivity index (χ1v) is 6.09. The molecule has 90 valence electrons. The topological polar surface area (TPSA) is 38.0 Å². The molecule has 0 fully saturated rings. The van der Waals surface area contributed by atoms with Crippen molar-refractivity contribution in [1.29, 1.82) is 0 Å². The van der Waals surface area contributed by atoms with Crippen LogP contribution in [0.5, 0.6) is 0 Å². The van der Waals surface area contributed by atoms with Crippen molar-refractivity contribution in [3.05, 3.63) is 33.8 Å². The summed E-state index contributed by atoms with van der Waals surface area (Å²) in [7, 11) is 0. The average Bonchev–Trinajstić information content (AvgIpc) is 2.24. The molecule has 1 rings (SSSR count). The van der Waals surface area contributed by atoms with Crippen molar-refractivity contribution >= 4 is 23.2 Å². The van der Waals surface area contributed by atoms with E-state index in [1.807, 2.05) is 6.07 Å². The Morgan fingerprint density at radius 2 is 2.00 bits per heavy atom. The Labute approximate surface area is 107 Å². The van der Waals surface area contributed by atoms with Crippen molar-refractivity contribution in [2.24, 2.45) is 11.3 Å². The van der Waals surface area contributed by atoms with Gasteiger partial charge >= 0.3 is 0 Å². The van der Waals surface area contributed by atoms with Crippen LogP contribution in [0, 0.1) is 5.41 Å². The second-order valence-corrected chi connectivity index (χ2v) is 5.45. The van der Waals surface area contributed by atoms with Crippen LogP contribution in [-0.4, -0.2) is 0 Å². The maximum absolute atomic E-state index is 6.18. The van der Waals surface area contributed by atoms with Crippen LogP contribution < -0.4 is 11.3 Å². The molecule has 0 aliphatic rings. The average molecular weight is 261 g/mol. The summed E-state index contributed by atoms with van der Waals surface area (Å²) in [4.78, 5) is 0. The van der Waals surface area contributed by atoms with Crippen LogP contribution >= 0.6 is 23.2 Å². The molecule has 0 spiro atoms. The molecule has 0 aromatic heterocycles. The quantitative estimate of drug-likeness (QED) is 0.636. The maximum atomic E-state index is 6.18. The Morgan fingerprint density at radius 3 is 2.50 bits per heavy atom. The minimum Gasteiger partial charge on any atom is -0.271 e. The Kier molecular flexibility index (Phi) is 4.62. The molecular formula is C12H18Cl2N2. The third-order valence-corrected chi connectivity index (χ3v) is 3.71. The Bertz CT molecular complexity index is 364. The van der Waals surface area contributed by atoms with Gasteiger partial charge in [-0.15, -0.1) is 0 Å². The first-order valence-electron chi connectivity index (χ1n) is 5.33. The highest BCUT2D eigenvalue weighted by Crippen LogP contribution is 2.39. The van der Waals surface area contributed by atoms with Crippen molar-refractivity contribution in [2.75, 3.05) is 0 Å². The lowest BCUT2D eigenvalue weighted by Crippen LogP contribution is -2.38. The fourth-order valence-electron chi connectivity index (χ4n) is 1.68. The number of hydrazine groups is 1. The van der Waals surface area contributed by atoms with Gasteiger partial charge in [-0.05, 0) is 35.6 Å². The van der Waals surface area contributed by atoms with Gasteiger partial charge in [-0.2, -0.15) is 0 Å². The predicted octanol–water partition coefficient (Wildman–Crippen LogP) is 3.93. The van der Waals surface area contributed by atoms with Gasteiger partial charge in [0.05, 0.1) is 6.04 Å². The Morgan fingerprint density at radius 1 is 1.38 bits per heavy atom. The lowest BCUT2D eigenvalue weighted by Gasteiger charge is -2.33. The summed E-state index contributed by atoms with van der Waals surface area (Å²) >= 11 is 12.2. The van der Waals surface area contributed by atoms with E-state index in [9.17, 15) is 0 Å². The number of nitrogens with one attached hydrogen (secondary N) is 1. The van der Waals surface area contributed by atoms with E-state index in [1.165, 1.54) is 0 Å². The molecule has 0 radical (unpaired) electrons. The van der Waals surface area contributed by atoms with E-state index in [-0.39, 0.29) is 11.5 Å². The van der Waals surface area contributed by atoms with Gasteiger partial charge in [0.1, 0.15) is 0 Å². The summed E-state index contributed by atoms with van der Waals surface area (Å²) in [6.07, 6.45) is 0.991. The molecule has 0 bridgehead atoms. The molecule has 0 aliphatic carbocycles. The number of rotatable bonds is 4. The van der Waals surface area contributed by atoms with E-state index in [2.05, 4.69) is 26.2 Å². The van der Waals surface area contributed by atoms with Crippen molar-refractivity contribution in [3.63, 3.8) is 0 Å². The molecule has 0 saturated heterocycles. The molecule has 2 nitrogen and oxygen atoms in total.